The van der Waals surface area contributed by atoms with Crippen LogP contribution in [-0.2, 0) is 11.2 Å². The van der Waals surface area contributed by atoms with Gasteiger partial charge in [0.1, 0.15) is 0 Å². The van der Waals surface area contributed by atoms with E-state index >= 15 is 0 Å². The average Bonchev–Trinajstić information content (AvgIpc) is 3.11. The van der Waals surface area contributed by atoms with E-state index in [1.165, 1.54) is 12.1 Å². The fourth-order valence-corrected chi connectivity index (χ4v) is 3.16. The summed E-state index contributed by atoms with van der Waals surface area (Å²) >= 11 is 0. The minimum absolute atomic E-state index is 0.0910. The Morgan fingerprint density at radius 3 is 2.69 bits per heavy atom. The molecule has 0 bridgehead atoms. The Morgan fingerprint density at radius 1 is 1.08 bits per heavy atom. The third-order valence-corrected chi connectivity index (χ3v) is 4.48. The number of fused-ring (bicyclic) bond motifs is 1. The highest BCUT2D eigenvalue weighted by Crippen LogP contribution is 2.32. The van der Waals surface area contributed by atoms with Crippen LogP contribution in [0.4, 0.5) is 10.1 Å². The van der Waals surface area contributed by atoms with E-state index in [2.05, 4.69) is 11.1 Å². The summed E-state index contributed by atoms with van der Waals surface area (Å²) in [6, 6.07) is 16.1. The zero-order chi connectivity index (χ0) is 17.9. The fraction of sp³-hybridized carbons (Fsp3) is 0.143. The number of ether oxygens (including phenoxy) is 1. The highest BCUT2D eigenvalue weighted by molar-refractivity contribution is 5.96. The second-order valence-corrected chi connectivity index (χ2v) is 6.09. The van der Waals surface area contributed by atoms with Crippen molar-refractivity contribution in [3.8, 4) is 16.9 Å². The Balaban J connectivity index is 1.49. The van der Waals surface area contributed by atoms with Crippen molar-refractivity contribution in [1.82, 2.24) is 4.98 Å². The second kappa shape index (κ2) is 6.96. The molecule has 0 atom stereocenters. The molecule has 3 aromatic rings. The third-order valence-electron chi connectivity index (χ3n) is 4.48. The van der Waals surface area contributed by atoms with E-state index in [0.717, 1.165) is 28.8 Å². The van der Waals surface area contributed by atoms with Crippen molar-refractivity contribution in [2.45, 2.75) is 6.42 Å². The molecule has 26 heavy (non-hydrogen) atoms. The van der Waals surface area contributed by atoms with Gasteiger partial charge in [0.2, 0.25) is 0 Å². The summed E-state index contributed by atoms with van der Waals surface area (Å²) in [5.74, 6) is -0.555. The lowest BCUT2D eigenvalue weighted by molar-refractivity contribution is -0.120. The van der Waals surface area contributed by atoms with E-state index in [1.54, 1.807) is 29.4 Å². The Morgan fingerprint density at radius 2 is 1.88 bits per heavy atom. The van der Waals surface area contributed by atoms with E-state index in [1.807, 2.05) is 24.3 Å². The van der Waals surface area contributed by atoms with Crippen molar-refractivity contribution in [2.24, 2.45) is 0 Å². The number of aromatic nitrogens is 1. The Labute approximate surface area is 150 Å². The molecule has 0 saturated carbocycles. The van der Waals surface area contributed by atoms with Crippen LogP contribution in [0.1, 0.15) is 5.56 Å². The number of anilines is 1. The van der Waals surface area contributed by atoms with Gasteiger partial charge in [-0.25, -0.2) is 4.39 Å². The van der Waals surface area contributed by atoms with Crippen molar-refractivity contribution in [3.05, 3.63) is 78.4 Å². The molecule has 2 aromatic carbocycles. The van der Waals surface area contributed by atoms with Gasteiger partial charge in [-0.2, -0.15) is 0 Å². The fourth-order valence-electron chi connectivity index (χ4n) is 3.16. The zero-order valence-corrected chi connectivity index (χ0v) is 14.1. The molecular formula is C21H17FN2O2. The molecule has 4 nitrogen and oxygen atoms in total. The van der Waals surface area contributed by atoms with Gasteiger partial charge in [0.05, 0.1) is 0 Å². The maximum Gasteiger partial charge on any atom is 0.264 e. The summed E-state index contributed by atoms with van der Waals surface area (Å²) in [6.07, 6.45) is 4.32. The van der Waals surface area contributed by atoms with Gasteiger partial charge in [-0.3, -0.25) is 9.78 Å². The van der Waals surface area contributed by atoms with Crippen LogP contribution in [0.25, 0.3) is 11.1 Å². The molecule has 0 radical (unpaired) electrons. The molecule has 1 aliphatic rings. The summed E-state index contributed by atoms with van der Waals surface area (Å²) in [6.45, 7) is 0.418. The lowest BCUT2D eigenvalue weighted by Gasteiger charge is -2.18. The van der Waals surface area contributed by atoms with Crippen LogP contribution in [0.2, 0.25) is 0 Å². The number of benzene rings is 2. The highest BCUT2D eigenvalue weighted by Gasteiger charge is 2.25. The number of para-hydroxylation sites is 1. The smallest absolute Gasteiger partial charge is 0.264 e. The molecule has 0 aliphatic carbocycles. The standard InChI is InChI=1S/C21H17FN2O2/c22-18-3-1-2-4-20(18)26-14-21(25)24-12-9-17-13-16(5-6-19(17)24)15-7-10-23-11-8-15/h1-8,10-11,13H,9,12,14H2. The van der Waals surface area contributed by atoms with Gasteiger partial charge in [-0.15, -0.1) is 0 Å². The van der Waals surface area contributed by atoms with Crippen molar-refractivity contribution < 1.29 is 13.9 Å². The number of halogens is 1. The summed E-state index contributed by atoms with van der Waals surface area (Å²) in [5.41, 5.74) is 4.21. The first-order valence-electron chi connectivity index (χ1n) is 8.43. The van der Waals surface area contributed by atoms with Gasteiger partial charge in [0, 0.05) is 24.6 Å². The molecule has 5 heteroatoms. The summed E-state index contributed by atoms with van der Waals surface area (Å²) in [4.78, 5) is 18.3. The van der Waals surface area contributed by atoms with Crippen LogP contribution in [0.15, 0.2) is 67.0 Å². The SMILES string of the molecule is O=C(COc1ccccc1F)N1CCc2cc(-c3ccncc3)ccc21. The Bertz CT molecular complexity index is 944. The normalized spacial score (nSPS) is 12.7. The number of carbonyl (C=O) groups excluding carboxylic acids is 1. The maximum absolute atomic E-state index is 13.6. The minimum Gasteiger partial charge on any atom is -0.481 e. The number of nitrogens with zero attached hydrogens (tertiary/aromatic N) is 2. The lowest BCUT2D eigenvalue weighted by Crippen LogP contribution is -2.33. The Kier molecular flexibility index (Phi) is 4.35. The van der Waals surface area contributed by atoms with Crippen LogP contribution in [0.5, 0.6) is 5.75 Å². The zero-order valence-electron chi connectivity index (χ0n) is 14.1. The first kappa shape index (κ1) is 16.3. The van der Waals surface area contributed by atoms with Crippen LogP contribution in [0.3, 0.4) is 0 Å². The van der Waals surface area contributed by atoms with Crippen LogP contribution >= 0.6 is 0 Å². The van der Waals surface area contributed by atoms with Gasteiger partial charge in [0.25, 0.3) is 5.91 Å². The number of hydrogen-bond acceptors (Lipinski definition) is 3. The second-order valence-electron chi connectivity index (χ2n) is 6.09. The van der Waals surface area contributed by atoms with Crippen LogP contribution in [-0.4, -0.2) is 24.0 Å². The molecule has 1 amide bonds. The summed E-state index contributed by atoms with van der Waals surface area (Å²) in [7, 11) is 0. The number of rotatable bonds is 4. The number of amides is 1. The number of hydrogen-bond donors (Lipinski definition) is 0. The Hall–Kier alpha value is -3.21. The predicted molar refractivity (Wildman–Crippen MR) is 97.6 cm³/mol. The van der Waals surface area contributed by atoms with E-state index in [-0.39, 0.29) is 18.3 Å². The largest absolute Gasteiger partial charge is 0.481 e. The molecule has 0 saturated heterocycles. The van der Waals surface area contributed by atoms with Crippen LogP contribution in [0, 0.1) is 5.82 Å². The van der Waals surface area contributed by atoms with Crippen molar-refractivity contribution >= 4 is 11.6 Å². The molecule has 0 fully saturated rings. The molecule has 130 valence electrons. The minimum atomic E-state index is -0.468. The third kappa shape index (κ3) is 3.16. The molecule has 1 aromatic heterocycles. The van der Waals surface area contributed by atoms with Gasteiger partial charge < -0.3 is 9.64 Å². The maximum atomic E-state index is 13.6. The van der Waals surface area contributed by atoms with Gasteiger partial charge in [-0.1, -0.05) is 18.2 Å². The molecule has 4 rings (SSSR count). The van der Waals surface area contributed by atoms with Crippen molar-refractivity contribution in [1.29, 1.82) is 0 Å². The monoisotopic (exact) mass is 348 g/mol. The summed E-state index contributed by atoms with van der Waals surface area (Å²) < 4.78 is 19.0. The van der Waals surface area contributed by atoms with Crippen molar-refractivity contribution in [3.63, 3.8) is 0 Å². The topological polar surface area (TPSA) is 42.4 Å². The van der Waals surface area contributed by atoms with E-state index in [0.29, 0.717) is 6.54 Å². The first-order chi connectivity index (χ1) is 12.7. The molecule has 0 unspecified atom stereocenters. The predicted octanol–water partition coefficient (Wildman–Crippen LogP) is 3.86. The van der Waals surface area contributed by atoms with Gasteiger partial charge in [-0.05, 0) is 59.5 Å². The molecule has 0 spiro atoms. The number of carbonyl (C=O) groups is 1. The molecule has 0 N–H and O–H groups in total. The quantitative estimate of drug-likeness (QED) is 0.719. The van der Waals surface area contributed by atoms with E-state index in [4.69, 9.17) is 4.74 Å². The average molecular weight is 348 g/mol. The molecule has 1 aliphatic heterocycles. The number of pyridine rings is 1. The van der Waals surface area contributed by atoms with Crippen molar-refractivity contribution in [2.75, 3.05) is 18.1 Å². The molecule has 2 heterocycles. The van der Waals surface area contributed by atoms with Gasteiger partial charge >= 0.3 is 0 Å². The molecular weight excluding hydrogens is 331 g/mol. The van der Waals surface area contributed by atoms with Gasteiger partial charge in [0.15, 0.2) is 18.2 Å². The van der Waals surface area contributed by atoms with E-state index < -0.39 is 5.82 Å². The van der Waals surface area contributed by atoms with Crippen LogP contribution < -0.4 is 9.64 Å². The van der Waals surface area contributed by atoms with E-state index in [9.17, 15) is 9.18 Å². The summed E-state index contributed by atoms with van der Waals surface area (Å²) in [5, 5.41) is 0. The highest BCUT2D eigenvalue weighted by atomic mass is 19.1. The first-order valence-corrected chi connectivity index (χ1v) is 8.43. The lowest BCUT2D eigenvalue weighted by atomic mass is 10.0.